The van der Waals surface area contributed by atoms with Crippen LogP contribution in [0.1, 0.15) is 40.9 Å². The number of hydrogen-bond acceptors (Lipinski definition) is 7. The molecule has 0 radical (unpaired) electrons. The van der Waals surface area contributed by atoms with Crippen molar-refractivity contribution in [3.63, 3.8) is 0 Å². The van der Waals surface area contributed by atoms with E-state index in [-0.39, 0.29) is 22.4 Å². The number of benzene rings is 2. The van der Waals surface area contributed by atoms with E-state index in [0.717, 1.165) is 31.7 Å². The fourth-order valence-electron chi connectivity index (χ4n) is 3.57. The van der Waals surface area contributed by atoms with E-state index in [9.17, 15) is 31.0 Å². The number of halogens is 5. The SMILES string of the molecule is Cc1c(C(F)(F)F)nnc(Oc2ccc(OC3CCC3)c(F)c2F)c1C(=O)Nc1cccc(S(C)(=N)=O)c1. The van der Waals surface area contributed by atoms with Crippen LogP contribution in [0.4, 0.5) is 27.6 Å². The molecular formula is C24H21F5N4O4S. The summed E-state index contributed by atoms with van der Waals surface area (Å²) in [5, 5.41) is 8.76. The summed E-state index contributed by atoms with van der Waals surface area (Å²) in [7, 11) is -3.16. The Hall–Kier alpha value is -3.81. The molecule has 3 aromatic rings. The van der Waals surface area contributed by atoms with Gasteiger partial charge in [0.15, 0.2) is 17.2 Å². The molecule has 14 heteroatoms. The van der Waals surface area contributed by atoms with Crippen LogP contribution in [0.3, 0.4) is 0 Å². The van der Waals surface area contributed by atoms with Crippen LogP contribution >= 0.6 is 0 Å². The zero-order valence-corrected chi connectivity index (χ0v) is 20.8. The lowest BCUT2D eigenvalue weighted by Gasteiger charge is -2.26. The average molecular weight is 557 g/mol. The highest BCUT2D eigenvalue weighted by molar-refractivity contribution is 7.91. The molecular weight excluding hydrogens is 535 g/mol. The van der Waals surface area contributed by atoms with Crippen LogP contribution in [0.15, 0.2) is 41.3 Å². The minimum atomic E-state index is -4.98. The van der Waals surface area contributed by atoms with Crippen molar-refractivity contribution in [2.24, 2.45) is 0 Å². The van der Waals surface area contributed by atoms with Gasteiger partial charge in [-0.3, -0.25) is 4.79 Å². The summed E-state index contributed by atoms with van der Waals surface area (Å²) in [5.41, 5.74) is -2.89. The van der Waals surface area contributed by atoms with E-state index < -0.39 is 61.9 Å². The first-order valence-electron chi connectivity index (χ1n) is 11.2. The lowest BCUT2D eigenvalue weighted by atomic mass is 9.96. The number of carbonyl (C=O) groups excluding carboxylic acids is 1. The summed E-state index contributed by atoms with van der Waals surface area (Å²) >= 11 is 0. The van der Waals surface area contributed by atoms with Gasteiger partial charge in [0.1, 0.15) is 5.56 Å². The van der Waals surface area contributed by atoms with E-state index in [1.54, 1.807) is 0 Å². The molecule has 1 amide bonds. The molecule has 1 saturated carbocycles. The van der Waals surface area contributed by atoms with Gasteiger partial charge in [-0.1, -0.05) is 6.07 Å². The van der Waals surface area contributed by atoms with Crippen molar-refractivity contribution >= 4 is 21.3 Å². The van der Waals surface area contributed by atoms with Gasteiger partial charge >= 0.3 is 6.18 Å². The maximum absolute atomic E-state index is 14.8. The topological polar surface area (TPSA) is 114 Å². The second-order valence-electron chi connectivity index (χ2n) is 8.64. The molecule has 202 valence electrons. The second kappa shape index (κ2) is 10.2. The first-order chi connectivity index (χ1) is 17.8. The molecule has 0 bridgehead atoms. The van der Waals surface area contributed by atoms with Crippen LogP contribution in [-0.4, -0.2) is 32.7 Å². The van der Waals surface area contributed by atoms with Crippen molar-refractivity contribution in [2.45, 2.75) is 43.4 Å². The molecule has 1 fully saturated rings. The van der Waals surface area contributed by atoms with Gasteiger partial charge in [-0.05, 0) is 62.1 Å². The van der Waals surface area contributed by atoms with Crippen molar-refractivity contribution in [2.75, 3.05) is 11.6 Å². The standard InChI is InChI=1S/C24H21F5N4O4S/c1-12-18(22(34)31-13-5-3-8-15(11-13)38(2,30)35)23(33-32-21(12)24(27,28)29)37-17-10-9-16(19(25)20(17)26)36-14-6-4-7-14/h3,5,8-11,14,30H,4,6-7H2,1-2H3,(H,31,34). The van der Waals surface area contributed by atoms with Gasteiger partial charge in [0.05, 0.1) is 15.8 Å². The predicted octanol–water partition coefficient (Wildman–Crippen LogP) is 6.09. The number of hydrogen-bond donors (Lipinski definition) is 2. The smallest absolute Gasteiger partial charge is 0.435 e. The number of aromatic nitrogens is 2. The highest BCUT2D eigenvalue weighted by Gasteiger charge is 2.38. The molecule has 0 saturated heterocycles. The van der Waals surface area contributed by atoms with Crippen molar-refractivity contribution in [1.82, 2.24) is 10.2 Å². The van der Waals surface area contributed by atoms with Crippen LogP contribution in [-0.2, 0) is 15.9 Å². The number of carbonyl (C=O) groups is 1. The van der Waals surface area contributed by atoms with Crippen LogP contribution in [0, 0.1) is 23.3 Å². The molecule has 2 N–H and O–H groups in total. The summed E-state index contributed by atoms with van der Waals surface area (Å²) < 4.78 is 100. The Labute approximate surface area is 214 Å². The average Bonchev–Trinajstić information content (AvgIpc) is 2.79. The highest BCUT2D eigenvalue weighted by atomic mass is 32.2. The Morgan fingerprint density at radius 1 is 1.11 bits per heavy atom. The molecule has 1 atom stereocenters. The summed E-state index contributed by atoms with van der Waals surface area (Å²) in [6.45, 7) is 0.949. The third kappa shape index (κ3) is 5.69. The minimum absolute atomic E-state index is 0.0137. The molecule has 2 aromatic carbocycles. The predicted molar refractivity (Wildman–Crippen MR) is 126 cm³/mol. The number of alkyl halides is 3. The van der Waals surface area contributed by atoms with Crippen LogP contribution < -0.4 is 14.8 Å². The van der Waals surface area contributed by atoms with E-state index in [1.165, 1.54) is 24.3 Å². The lowest BCUT2D eigenvalue weighted by molar-refractivity contribution is -0.142. The zero-order valence-electron chi connectivity index (χ0n) is 20.0. The van der Waals surface area contributed by atoms with Gasteiger partial charge in [0.2, 0.25) is 11.6 Å². The fraction of sp³-hybridized carbons (Fsp3) is 0.292. The first kappa shape index (κ1) is 27.2. The van der Waals surface area contributed by atoms with Crippen LogP contribution in [0.25, 0.3) is 0 Å². The quantitative estimate of drug-likeness (QED) is 0.340. The Morgan fingerprint density at radius 3 is 2.37 bits per heavy atom. The van der Waals surface area contributed by atoms with E-state index in [2.05, 4.69) is 15.5 Å². The molecule has 1 aliphatic rings. The molecule has 4 rings (SSSR count). The summed E-state index contributed by atoms with van der Waals surface area (Å²) in [4.78, 5) is 13.2. The van der Waals surface area contributed by atoms with Crippen molar-refractivity contribution in [3.05, 3.63) is 64.9 Å². The van der Waals surface area contributed by atoms with E-state index in [0.29, 0.717) is 12.8 Å². The summed E-state index contributed by atoms with van der Waals surface area (Å²) in [6.07, 6.45) is -1.79. The zero-order chi connectivity index (χ0) is 27.8. The highest BCUT2D eigenvalue weighted by Crippen LogP contribution is 2.37. The van der Waals surface area contributed by atoms with E-state index >= 15 is 0 Å². The minimum Gasteiger partial charge on any atom is -0.487 e. The third-order valence-corrected chi connectivity index (χ3v) is 6.94. The Kier molecular flexibility index (Phi) is 7.28. The van der Waals surface area contributed by atoms with Crippen LogP contribution in [0.5, 0.6) is 17.4 Å². The molecule has 1 aliphatic carbocycles. The Balaban J connectivity index is 1.72. The summed E-state index contributed by atoms with van der Waals surface area (Å²) in [5.74, 6) is -5.93. The second-order valence-corrected chi connectivity index (χ2v) is 10.8. The van der Waals surface area contributed by atoms with E-state index in [1.807, 2.05) is 0 Å². The van der Waals surface area contributed by atoms with Crippen molar-refractivity contribution in [1.29, 1.82) is 4.78 Å². The van der Waals surface area contributed by atoms with Gasteiger partial charge in [-0.15, -0.1) is 10.2 Å². The Morgan fingerprint density at radius 2 is 1.76 bits per heavy atom. The van der Waals surface area contributed by atoms with Crippen molar-refractivity contribution < 1.29 is 40.4 Å². The molecule has 0 aliphatic heterocycles. The maximum Gasteiger partial charge on any atom is 0.435 e. The number of nitrogens with one attached hydrogen (secondary N) is 2. The number of amides is 1. The number of anilines is 1. The lowest BCUT2D eigenvalue weighted by Crippen LogP contribution is -2.25. The molecule has 1 aromatic heterocycles. The van der Waals surface area contributed by atoms with E-state index in [4.69, 9.17) is 14.3 Å². The first-order valence-corrected chi connectivity index (χ1v) is 13.1. The molecule has 1 heterocycles. The number of ether oxygens (including phenoxy) is 2. The molecule has 8 nitrogen and oxygen atoms in total. The van der Waals surface area contributed by atoms with Gasteiger partial charge in [0, 0.05) is 16.8 Å². The van der Waals surface area contributed by atoms with Gasteiger partial charge in [-0.2, -0.15) is 22.0 Å². The number of rotatable bonds is 7. The fourth-order valence-corrected chi connectivity index (χ4v) is 4.26. The molecule has 1 unspecified atom stereocenters. The molecule has 0 spiro atoms. The number of nitrogens with zero attached hydrogens (tertiary/aromatic N) is 2. The normalized spacial score (nSPS) is 15.3. The van der Waals surface area contributed by atoms with Gasteiger partial charge in [-0.25, -0.2) is 8.99 Å². The summed E-state index contributed by atoms with van der Waals surface area (Å²) in [6, 6.07) is 7.46. The third-order valence-electron chi connectivity index (χ3n) is 5.79. The largest absolute Gasteiger partial charge is 0.487 e. The van der Waals surface area contributed by atoms with Crippen molar-refractivity contribution in [3.8, 4) is 17.4 Å². The van der Waals surface area contributed by atoms with Gasteiger partial charge < -0.3 is 14.8 Å². The van der Waals surface area contributed by atoms with Crippen LogP contribution in [0.2, 0.25) is 0 Å². The van der Waals surface area contributed by atoms with Gasteiger partial charge in [0.25, 0.3) is 11.8 Å². The Bertz CT molecular complexity index is 1510. The molecule has 38 heavy (non-hydrogen) atoms. The maximum atomic E-state index is 14.8. The monoisotopic (exact) mass is 556 g/mol.